The minimum atomic E-state index is -1.04. The van der Waals surface area contributed by atoms with Crippen LogP contribution in [-0.2, 0) is 0 Å². The van der Waals surface area contributed by atoms with Gasteiger partial charge in [-0.05, 0) is 15.9 Å². The zero-order valence-corrected chi connectivity index (χ0v) is 7.15. The first-order valence-corrected chi connectivity index (χ1v) is 3.49. The lowest BCUT2D eigenvalue weighted by Gasteiger charge is -2.01. The first-order valence-electron chi connectivity index (χ1n) is 2.70. The van der Waals surface area contributed by atoms with E-state index in [0.29, 0.717) is 0 Å². The molecule has 60 valence electrons. The lowest BCUT2D eigenvalue weighted by Crippen LogP contribution is -1.94. The van der Waals surface area contributed by atoms with Gasteiger partial charge in [-0.25, -0.2) is 9.37 Å². The fourth-order valence-corrected chi connectivity index (χ4v) is 0.846. The van der Waals surface area contributed by atoms with Gasteiger partial charge in [-0.3, -0.25) is 0 Å². The molecule has 0 aliphatic heterocycles. The normalized spacial score (nSPS) is 9.82. The molecule has 1 aromatic heterocycles. The second kappa shape index (κ2) is 3.13. The Hall–Kier alpha value is -0.710. The van der Waals surface area contributed by atoms with Crippen molar-refractivity contribution in [2.75, 3.05) is 7.11 Å². The van der Waals surface area contributed by atoms with E-state index in [9.17, 15) is 8.78 Å². The third kappa shape index (κ3) is 1.48. The molecule has 0 saturated carbocycles. The Balaban J connectivity index is 3.25. The second-order valence-corrected chi connectivity index (χ2v) is 2.50. The molecule has 0 unspecified atom stereocenters. The van der Waals surface area contributed by atoms with Gasteiger partial charge in [0.15, 0.2) is 11.6 Å². The Kier molecular flexibility index (Phi) is 2.38. The van der Waals surface area contributed by atoms with E-state index in [1.165, 1.54) is 7.11 Å². The molecule has 0 saturated heterocycles. The maximum absolute atomic E-state index is 12.7. The third-order valence-corrected chi connectivity index (χ3v) is 1.66. The smallest absolute Gasteiger partial charge is 0.205 e. The molecule has 0 fully saturated rings. The molecule has 1 aromatic rings. The lowest BCUT2D eigenvalue weighted by molar-refractivity contribution is 0.367. The van der Waals surface area contributed by atoms with Gasteiger partial charge < -0.3 is 4.74 Å². The molecule has 0 amide bonds. The largest absolute Gasteiger partial charge is 0.492 e. The zero-order valence-electron chi connectivity index (χ0n) is 5.57. The molecule has 0 bridgehead atoms. The van der Waals surface area contributed by atoms with E-state index < -0.39 is 11.6 Å². The van der Waals surface area contributed by atoms with Crippen molar-refractivity contribution in [3.05, 3.63) is 22.4 Å². The Morgan fingerprint density at radius 1 is 1.45 bits per heavy atom. The molecule has 0 atom stereocenters. The molecule has 0 spiro atoms. The topological polar surface area (TPSA) is 22.1 Å². The van der Waals surface area contributed by atoms with Gasteiger partial charge >= 0.3 is 0 Å². The number of aromatic nitrogens is 1. The van der Waals surface area contributed by atoms with E-state index in [-0.39, 0.29) is 10.4 Å². The first-order chi connectivity index (χ1) is 5.16. The standard InChI is InChI=1S/C6H4BrF2NO/c1-11-3-2-10-6(7)5(9)4(3)8/h2H,1H3. The SMILES string of the molecule is COc1cnc(Br)c(F)c1F. The molecule has 11 heavy (non-hydrogen) atoms. The molecule has 0 aliphatic rings. The van der Waals surface area contributed by atoms with E-state index in [1.54, 1.807) is 0 Å². The van der Waals surface area contributed by atoms with Crippen LogP contribution in [0.5, 0.6) is 5.75 Å². The van der Waals surface area contributed by atoms with Crippen molar-refractivity contribution in [3.8, 4) is 5.75 Å². The van der Waals surface area contributed by atoms with Gasteiger partial charge in [0.1, 0.15) is 4.60 Å². The van der Waals surface area contributed by atoms with Crippen LogP contribution in [0.3, 0.4) is 0 Å². The number of ether oxygens (including phenoxy) is 1. The molecular weight excluding hydrogens is 220 g/mol. The van der Waals surface area contributed by atoms with E-state index in [2.05, 4.69) is 25.7 Å². The fraction of sp³-hybridized carbons (Fsp3) is 0.167. The summed E-state index contributed by atoms with van der Waals surface area (Å²) in [5.41, 5.74) is 0. The molecule has 1 heterocycles. The van der Waals surface area contributed by atoms with Crippen molar-refractivity contribution in [2.24, 2.45) is 0 Å². The number of pyridine rings is 1. The van der Waals surface area contributed by atoms with Gasteiger partial charge in [0.2, 0.25) is 5.82 Å². The predicted molar refractivity (Wildman–Crippen MR) is 38.4 cm³/mol. The van der Waals surface area contributed by atoms with Gasteiger partial charge in [-0.1, -0.05) is 0 Å². The molecule has 0 aliphatic carbocycles. The second-order valence-electron chi connectivity index (χ2n) is 1.75. The summed E-state index contributed by atoms with van der Waals surface area (Å²) in [6.45, 7) is 0. The van der Waals surface area contributed by atoms with E-state index in [0.717, 1.165) is 6.20 Å². The van der Waals surface area contributed by atoms with Crippen molar-refractivity contribution in [2.45, 2.75) is 0 Å². The molecule has 0 aromatic carbocycles. The average Bonchev–Trinajstić information content (AvgIpc) is 2.01. The summed E-state index contributed by atoms with van der Waals surface area (Å²) in [5.74, 6) is -2.27. The highest BCUT2D eigenvalue weighted by Gasteiger charge is 2.12. The van der Waals surface area contributed by atoms with Crippen LogP contribution < -0.4 is 4.74 Å². The number of hydrogen-bond donors (Lipinski definition) is 0. The van der Waals surface area contributed by atoms with Crippen LogP contribution in [0.4, 0.5) is 8.78 Å². The van der Waals surface area contributed by atoms with Crippen molar-refractivity contribution in [1.82, 2.24) is 4.98 Å². The minimum Gasteiger partial charge on any atom is -0.492 e. The Morgan fingerprint density at radius 2 is 2.09 bits per heavy atom. The van der Waals surface area contributed by atoms with Gasteiger partial charge in [0.05, 0.1) is 13.3 Å². The van der Waals surface area contributed by atoms with Crippen LogP contribution in [0, 0.1) is 11.6 Å². The van der Waals surface area contributed by atoms with Crippen LogP contribution in [0.25, 0.3) is 0 Å². The monoisotopic (exact) mass is 223 g/mol. The van der Waals surface area contributed by atoms with Crippen molar-refractivity contribution in [3.63, 3.8) is 0 Å². The van der Waals surface area contributed by atoms with Crippen LogP contribution in [0.15, 0.2) is 10.8 Å². The van der Waals surface area contributed by atoms with Crippen molar-refractivity contribution in [1.29, 1.82) is 0 Å². The maximum Gasteiger partial charge on any atom is 0.205 e. The summed E-state index contributed by atoms with van der Waals surface area (Å²) >= 11 is 2.73. The van der Waals surface area contributed by atoms with Gasteiger partial charge in [-0.15, -0.1) is 0 Å². The summed E-state index contributed by atoms with van der Waals surface area (Å²) in [5, 5.41) is 0. The highest BCUT2D eigenvalue weighted by molar-refractivity contribution is 9.10. The molecule has 0 N–H and O–H groups in total. The minimum absolute atomic E-state index is 0.157. The first kappa shape index (κ1) is 8.39. The molecular formula is C6H4BrF2NO. The van der Waals surface area contributed by atoms with Crippen molar-refractivity contribution < 1.29 is 13.5 Å². The number of nitrogens with zero attached hydrogens (tertiary/aromatic N) is 1. The summed E-state index contributed by atoms with van der Waals surface area (Å²) in [6.07, 6.45) is 1.10. The Bertz CT molecular complexity index is 280. The van der Waals surface area contributed by atoms with Crippen LogP contribution >= 0.6 is 15.9 Å². The van der Waals surface area contributed by atoms with Gasteiger partial charge in [0, 0.05) is 0 Å². The van der Waals surface area contributed by atoms with Crippen LogP contribution in [0.1, 0.15) is 0 Å². The fourth-order valence-electron chi connectivity index (χ4n) is 0.570. The summed E-state index contributed by atoms with van der Waals surface area (Å²) in [6, 6.07) is 0. The van der Waals surface area contributed by atoms with E-state index in [4.69, 9.17) is 0 Å². The van der Waals surface area contributed by atoms with Crippen LogP contribution in [0.2, 0.25) is 0 Å². The number of methoxy groups -OCH3 is 1. The summed E-state index contributed by atoms with van der Waals surface area (Å²) < 4.78 is 29.6. The quantitative estimate of drug-likeness (QED) is 0.681. The average molecular weight is 224 g/mol. The van der Waals surface area contributed by atoms with E-state index >= 15 is 0 Å². The van der Waals surface area contributed by atoms with E-state index in [1.807, 2.05) is 0 Å². The summed E-state index contributed by atoms with van der Waals surface area (Å²) in [7, 11) is 1.24. The molecule has 1 rings (SSSR count). The Morgan fingerprint density at radius 3 is 2.64 bits per heavy atom. The predicted octanol–water partition coefficient (Wildman–Crippen LogP) is 2.13. The molecule has 0 radical (unpaired) electrons. The number of rotatable bonds is 1. The molecule has 5 heteroatoms. The van der Waals surface area contributed by atoms with Gasteiger partial charge in [-0.2, -0.15) is 4.39 Å². The van der Waals surface area contributed by atoms with Crippen LogP contribution in [-0.4, -0.2) is 12.1 Å². The number of hydrogen-bond acceptors (Lipinski definition) is 2. The summed E-state index contributed by atoms with van der Waals surface area (Å²) in [4.78, 5) is 3.49. The zero-order chi connectivity index (χ0) is 8.43. The number of halogens is 3. The maximum atomic E-state index is 12.7. The Labute approximate surface area is 70.3 Å². The third-order valence-electron chi connectivity index (χ3n) is 1.11. The molecule has 2 nitrogen and oxygen atoms in total. The highest BCUT2D eigenvalue weighted by atomic mass is 79.9. The van der Waals surface area contributed by atoms with Crippen molar-refractivity contribution >= 4 is 15.9 Å². The highest BCUT2D eigenvalue weighted by Crippen LogP contribution is 2.22. The van der Waals surface area contributed by atoms with Gasteiger partial charge in [0.25, 0.3) is 0 Å². The lowest BCUT2D eigenvalue weighted by atomic mass is 10.4.